The van der Waals surface area contributed by atoms with Crippen LogP contribution in [0.2, 0.25) is 5.02 Å². The van der Waals surface area contributed by atoms with Crippen molar-refractivity contribution in [2.75, 3.05) is 6.61 Å². The molecule has 1 heterocycles. The Morgan fingerprint density at radius 2 is 2.00 bits per heavy atom. The van der Waals surface area contributed by atoms with Crippen molar-refractivity contribution in [3.05, 3.63) is 59.4 Å². The third-order valence-electron chi connectivity index (χ3n) is 4.01. The molecule has 0 aliphatic rings. The molecule has 0 unspecified atom stereocenters. The second-order valence-corrected chi connectivity index (χ2v) is 6.16. The van der Waals surface area contributed by atoms with E-state index in [0.717, 1.165) is 29.8 Å². The van der Waals surface area contributed by atoms with Gasteiger partial charge in [0.2, 0.25) is 6.41 Å². The Morgan fingerprint density at radius 3 is 2.80 bits per heavy atom. The minimum absolute atomic E-state index is 0.158. The summed E-state index contributed by atoms with van der Waals surface area (Å²) in [7, 11) is 0. The summed E-state index contributed by atoms with van der Waals surface area (Å²) in [5.41, 5.74) is 1.97. The fourth-order valence-electron chi connectivity index (χ4n) is 2.80. The van der Waals surface area contributed by atoms with Crippen molar-refractivity contribution >= 4 is 29.0 Å². The zero-order chi connectivity index (χ0) is 17.6. The van der Waals surface area contributed by atoms with Gasteiger partial charge in [0.15, 0.2) is 0 Å². The largest absolute Gasteiger partial charge is 0.492 e. The van der Waals surface area contributed by atoms with Gasteiger partial charge in [-0.1, -0.05) is 35.9 Å². The van der Waals surface area contributed by atoms with Gasteiger partial charge in [0.1, 0.15) is 11.6 Å². The van der Waals surface area contributed by atoms with Crippen molar-refractivity contribution in [1.29, 1.82) is 0 Å². The fraction of sp³-hybridized carbons (Fsp3) is 0.263. The Labute approximate surface area is 151 Å². The van der Waals surface area contributed by atoms with E-state index in [9.17, 15) is 4.79 Å². The molecule has 130 valence electrons. The fourth-order valence-corrected chi connectivity index (χ4v) is 2.99. The summed E-state index contributed by atoms with van der Waals surface area (Å²) in [6, 6.07) is 15.2. The van der Waals surface area contributed by atoms with Gasteiger partial charge in [0, 0.05) is 6.54 Å². The van der Waals surface area contributed by atoms with Crippen LogP contribution in [0.3, 0.4) is 0 Å². The SMILES string of the molecule is C[C@H](NC=O)c1nc2ccccc2n1CCCOc1ccccc1Cl. The standard InChI is InChI=1S/C19H20ClN3O2/c1-14(21-13-24)19-22-16-8-3-4-9-17(16)23(19)11-6-12-25-18-10-5-2-7-15(18)20/h2-5,7-10,13-14H,6,11-12H2,1H3,(H,21,24)/t14-/m0/s1. The first-order chi connectivity index (χ1) is 12.2. The van der Waals surface area contributed by atoms with Gasteiger partial charge in [-0.05, 0) is 37.6 Å². The third kappa shape index (κ3) is 3.94. The van der Waals surface area contributed by atoms with E-state index in [2.05, 4.69) is 14.9 Å². The lowest BCUT2D eigenvalue weighted by Gasteiger charge is -2.14. The van der Waals surface area contributed by atoms with Crippen LogP contribution in [0.15, 0.2) is 48.5 Å². The van der Waals surface area contributed by atoms with Crippen LogP contribution in [-0.4, -0.2) is 22.6 Å². The average molecular weight is 358 g/mol. The lowest BCUT2D eigenvalue weighted by Crippen LogP contribution is -2.21. The number of nitrogens with zero attached hydrogens (tertiary/aromatic N) is 2. The molecule has 0 spiro atoms. The number of hydrogen-bond donors (Lipinski definition) is 1. The van der Waals surface area contributed by atoms with Crippen LogP contribution in [0, 0.1) is 0 Å². The van der Waals surface area contributed by atoms with Crippen LogP contribution >= 0.6 is 11.6 Å². The first-order valence-electron chi connectivity index (χ1n) is 8.23. The topological polar surface area (TPSA) is 56.2 Å². The number of halogens is 1. The number of nitrogens with one attached hydrogen (secondary N) is 1. The second-order valence-electron chi connectivity index (χ2n) is 5.75. The van der Waals surface area contributed by atoms with E-state index in [1.165, 1.54) is 0 Å². The van der Waals surface area contributed by atoms with E-state index in [4.69, 9.17) is 16.3 Å². The number of rotatable bonds is 8. The average Bonchev–Trinajstić information content (AvgIpc) is 2.99. The quantitative estimate of drug-likeness (QED) is 0.490. The van der Waals surface area contributed by atoms with Gasteiger partial charge in [0.05, 0.1) is 28.7 Å². The van der Waals surface area contributed by atoms with Crippen LogP contribution in [-0.2, 0) is 11.3 Å². The van der Waals surface area contributed by atoms with Crippen LogP contribution in [0.4, 0.5) is 0 Å². The van der Waals surface area contributed by atoms with Crippen molar-refractivity contribution in [3.8, 4) is 5.75 Å². The summed E-state index contributed by atoms with van der Waals surface area (Å²) in [6.45, 7) is 3.21. The summed E-state index contributed by atoms with van der Waals surface area (Å²) >= 11 is 6.10. The molecule has 0 aliphatic heterocycles. The van der Waals surface area contributed by atoms with Gasteiger partial charge < -0.3 is 14.6 Å². The number of imidazole rings is 1. The van der Waals surface area contributed by atoms with Gasteiger partial charge in [0.25, 0.3) is 0 Å². The highest BCUT2D eigenvalue weighted by molar-refractivity contribution is 6.32. The number of carbonyl (C=O) groups is 1. The molecule has 0 aliphatic carbocycles. The molecule has 1 amide bonds. The normalized spacial score (nSPS) is 12.1. The van der Waals surface area contributed by atoms with E-state index >= 15 is 0 Å². The van der Waals surface area contributed by atoms with Gasteiger partial charge in [-0.3, -0.25) is 4.79 Å². The highest BCUT2D eigenvalue weighted by Gasteiger charge is 2.15. The zero-order valence-electron chi connectivity index (χ0n) is 14.0. The van der Waals surface area contributed by atoms with E-state index < -0.39 is 0 Å². The molecule has 3 rings (SSSR count). The number of aryl methyl sites for hydroxylation is 1. The molecule has 6 heteroatoms. The van der Waals surface area contributed by atoms with Crippen LogP contribution < -0.4 is 10.1 Å². The summed E-state index contributed by atoms with van der Waals surface area (Å²) in [6.07, 6.45) is 1.50. The highest BCUT2D eigenvalue weighted by atomic mass is 35.5. The molecule has 3 aromatic rings. The summed E-state index contributed by atoms with van der Waals surface area (Å²) < 4.78 is 7.89. The molecule has 5 nitrogen and oxygen atoms in total. The number of ether oxygens (including phenoxy) is 1. The first-order valence-corrected chi connectivity index (χ1v) is 8.60. The van der Waals surface area contributed by atoms with Crippen molar-refractivity contribution in [2.45, 2.75) is 25.9 Å². The van der Waals surface area contributed by atoms with Gasteiger partial charge >= 0.3 is 0 Å². The highest BCUT2D eigenvalue weighted by Crippen LogP contribution is 2.24. The maximum Gasteiger partial charge on any atom is 0.207 e. The molecule has 1 N–H and O–H groups in total. The first kappa shape index (κ1) is 17.3. The Morgan fingerprint density at radius 1 is 1.24 bits per heavy atom. The molecule has 0 fully saturated rings. The molecule has 1 atom stereocenters. The lowest BCUT2D eigenvalue weighted by atomic mass is 10.3. The van der Waals surface area contributed by atoms with Gasteiger partial charge in [-0.2, -0.15) is 0 Å². The van der Waals surface area contributed by atoms with Crippen molar-refractivity contribution in [2.24, 2.45) is 0 Å². The van der Waals surface area contributed by atoms with Crippen LogP contribution in [0.25, 0.3) is 11.0 Å². The molecule has 0 saturated heterocycles. The number of amides is 1. The Balaban J connectivity index is 1.72. The third-order valence-corrected chi connectivity index (χ3v) is 4.32. The molecule has 0 saturated carbocycles. The Kier molecular flexibility index (Phi) is 5.56. The maximum absolute atomic E-state index is 10.8. The second kappa shape index (κ2) is 8.03. The van der Waals surface area contributed by atoms with Crippen molar-refractivity contribution in [3.63, 3.8) is 0 Å². The number of hydrogen-bond acceptors (Lipinski definition) is 3. The monoisotopic (exact) mass is 357 g/mol. The number of carbonyl (C=O) groups excluding carboxylic acids is 1. The molecule has 25 heavy (non-hydrogen) atoms. The molecule has 2 aromatic carbocycles. The van der Waals surface area contributed by atoms with Crippen molar-refractivity contribution in [1.82, 2.24) is 14.9 Å². The van der Waals surface area contributed by atoms with Crippen molar-refractivity contribution < 1.29 is 9.53 Å². The number of para-hydroxylation sites is 3. The minimum Gasteiger partial charge on any atom is -0.492 e. The van der Waals surface area contributed by atoms with Crippen LogP contribution in [0.5, 0.6) is 5.75 Å². The number of fused-ring (bicyclic) bond motifs is 1. The zero-order valence-corrected chi connectivity index (χ0v) is 14.7. The van der Waals surface area contributed by atoms with E-state index in [0.29, 0.717) is 23.8 Å². The molecule has 1 aromatic heterocycles. The summed E-state index contributed by atoms with van der Waals surface area (Å²) in [5, 5.41) is 3.39. The maximum atomic E-state index is 10.8. The minimum atomic E-state index is -0.158. The molecule has 0 bridgehead atoms. The molecule has 0 radical (unpaired) electrons. The smallest absolute Gasteiger partial charge is 0.207 e. The lowest BCUT2D eigenvalue weighted by molar-refractivity contribution is -0.110. The summed E-state index contributed by atoms with van der Waals surface area (Å²) in [4.78, 5) is 15.4. The Bertz CT molecular complexity index is 863. The summed E-state index contributed by atoms with van der Waals surface area (Å²) in [5.74, 6) is 1.53. The van der Waals surface area contributed by atoms with E-state index in [1.807, 2.05) is 55.5 Å². The molecular weight excluding hydrogens is 338 g/mol. The van der Waals surface area contributed by atoms with Gasteiger partial charge in [-0.25, -0.2) is 4.98 Å². The molecular formula is C19H20ClN3O2. The van der Waals surface area contributed by atoms with E-state index in [1.54, 1.807) is 0 Å². The number of benzene rings is 2. The van der Waals surface area contributed by atoms with Crippen LogP contribution in [0.1, 0.15) is 25.2 Å². The predicted molar refractivity (Wildman–Crippen MR) is 98.9 cm³/mol. The van der Waals surface area contributed by atoms with E-state index in [-0.39, 0.29) is 6.04 Å². The number of aromatic nitrogens is 2. The predicted octanol–water partition coefficient (Wildman–Crippen LogP) is 3.97. The Hall–Kier alpha value is -2.53. The van der Waals surface area contributed by atoms with Gasteiger partial charge in [-0.15, -0.1) is 0 Å².